The van der Waals surface area contributed by atoms with Crippen LogP contribution in [-0.4, -0.2) is 59.6 Å². The van der Waals surface area contributed by atoms with E-state index in [4.69, 9.17) is 4.74 Å². The number of morpholine rings is 1. The molecule has 0 bridgehead atoms. The minimum absolute atomic E-state index is 0.177. The van der Waals surface area contributed by atoms with Gasteiger partial charge in [0.1, 0.15) is 0 Å². The summed E-state index contributed by atoms with van der Waals surface area (Å²) in [5.74, 6) is 0.177. The Kier molecular flexibility index (Phi) is 6.30. The molecule has 0 N–H and O–H groups in total. The molecule has 4 heterocycles. The van der Waals surface area contributed by atoms with Crippen molar-refractivity contribution in [3.05, 3.63) is 64.8 Å². The third-order valence-electron chi connectivity index (χ3n) is 6.51. The predicted octanol–water partition coefficient (Wildman–Crippen LogP) is 4.37. The van der Waals surface area contributed by atoms with Crippen LogP contribution in [0.1, 0.15) is 40.1 Å². The number of nitrogens with zero attached hydrogens (tertiary/aromatic N) is 3. The van der Waals surface area contributed by atoms with Gasteiger partial charge in [0.05, 0.1) is 18.1 Å². The smallest absolute Gasteiger partial charge is 0.264 e. The van der Waals surface area contributed by atoms with E-state index in [0.29, 0.717) is 32.3 Å². The van der Waals surface area contributed by atoms with Crippen LogP contribution in [0.25, 0.3) is 10.1 Å². The summed E-state index contributed by atoms with van der Waals surface area (Å²) in [5, 5.41) is 1.25. The standard InChI is InChI=1S/C25H29N3O2S/c29-25(27-13-15-30-16-14-27)24-22(21-6-1-2-7-23(21)31-24)17-20-5-3-4-12-28(20)18-19-8-10-26-11-9-19/h1-2,6-11,20H,3-5,12-18H2/t20-/m0/s1. The molecular weight excluding hydrogens is 406 g/mol. The van der Waals surface area contributed by atoms with Crippen molar-refractivity contribution in [2.75, 3.05) is 32.8 Å². The highest BCUT2D eigenvalue weighted by Crippen LogP contribution is 2.35. The maximum atomic E-state index is 13.5. The molecule has 2 aliphatic heterocycles. The Bertz CT molecular complexity index is 1030. The van der Waals surface area contributed by atoms with Crippen molar-refractivity contribution in [2.45, 2.75) is 38.3 Å². The average Bonchev–Trinajstić information content (AvgIpc) is 3.19. The fourth-order valence-corrected chi connectivity index (χ4v) is 6.04. The minimum atomic E-state index is 0.177. The summed E-state index contributed by atoms with van der Waals surface area (Å²) in [6.45, 7) is 4.70. The lowest BCUT2D eigenvalue weighted by atomic mass is 9.93. The van der Waals surface area contributed by atoms with Crippen LogP contribution in [0.4, 0.5) is 0 Å². The Labute approximate surface area is 187 Å². The maximum Gasteiger partial charge on any atom is 0.264 e. The number of pyridine rings is 1. The summed E-state index contributed by atoms with van der Waals surface area (Å²) in [6, 6.07) is 13.2. The first-order valence-electron chi connectivity index (χ1n) is 11.3. The van der Waals surface area contributed by atoms with Crippen molar-refractivity contribution in [3.8, 4) is 0 Å². The van der Waals surface area contributed by atoms with E-state index in [1.165, 1.54) is 40.5 Å². The lowest BCUT2D eigenvalue weighted by Crippen LogP contribution is -2.42. The molecule has 0 aliphatic carbocycles. The molecule has 2 aromatic heterocycles. The maximum absolute atomic E-state index is 13.5. The summed E-state index contributed by atoms with van der Waals surface area (Å²) >= 11 is 1.66. The van der Waals surface area contributed by atoms with Gasteiger partial charge in [-0.1, -0.05) is 24.6 Å². The van der Waals surface area contributed by atoms with Gasteiger partial charge in [-0.2, -0.15) is 0 Å². The molecule has 1 aromatic carbocycles. The van der Waals surface area contributed by atoms with Crippen molar-refractivity contribution in [1.29, 1.82) is 0 Å². The van der Waals surface area contributed by atoms with Crippen molar-refractivity contribution in [2.24, 2.45) is 0 Å². The van der Waals surface area contributed by atoms with Crippen LogP contribution in [0.2, 0.25) is 0 Å². The molecular formula is C25H29N3O2S. The molecule has 3 aromatic rings. The van der Waals surface area contributed by atoms with Crippen LogP contribution in [-0.2, 0) is 17.7 Å². The first kappa shape index (κ1) is 20.6. The highest BCUT2D eigenvalue weighted by molar-refractivity contribution is 7.21. The zero-order chi connectivity index (χ0) is 21.0. The molecule has 2 aliphatic rings. The Morgan fingerprint density at radius 2 is 1.87 bits per heavy atom. The summed E-state index contributed by atoms with van der Waals surface area (Å²) in [6.07, 6.45) is 8.36. The fourth-order valence-electron chi connectivity index (χ4n) is 4.84. The first-order valence-corrected chi connectivity index (χ1v) is 12.1. The normalized spacial score (nSPS) is 20.3. The number of aromatic nitrogens is 1. The largest absolute Gasteiger partial charge is 0.378 e. The van der Waals surface area contributed by atoms with Crippen LogP contribution < -0.4 is 0 Å². The van der Waals surface area contributed by atoms with Gasteiger partial charge in [-0.05, 0) is 60.5 Å². The third kappa shape index (κ3) is 4.52. The molecule has 31 heavy (non-hydrogen) atoms. The van der Waals surface area contributed by atoms with Gasteiger partial charge in [0, 0.05) is 42.8 Å². The van der Waals surface area contributed by atoms with Gasteiger partial charge in [-0.25, -0.2) is 0 Å². The van der Waals surface area contributed by atoms with Gasteiger partial charge in [-0.3, -0.25) is 14.7 Å². The van der Waals surface area contributed by atoms with E-state index in [2.05, 4.69) is 46.3 Å². The molecule has 5 rings (SSSR count). The van der Waals surface area contributed by atoms with Crippen LogP contribution in [0, 0.1) is 0 Å². The van der Waals surface area contributed by atoms with Crippen LogP contribution in [0.5, 0.6) is 0 Å². The summed E-state index contributed by atoms with van der Waals surface area (Å²) < 4.78 is 6.68. The van der Waals surface area contributed by atoms with Crippen LogP contribution >= 0.6 is 11.3 Å². The molecule has 0 spiro atoms. The van der Waals surface area contributed by atoms with E-state index < -0.39 is 0 Å². The second-order valence-electron chi connectivity index (χ2n) is 8.49. The number of piperidine rings is 1. The Hall–Kier alpha value is -2.28. The average molecular weight is 436 g/mol. The Morgan fingerprint density at radius 1 is 1.06 bits per heavy atom. The second kappa shape index (κ2) is 9.47. The van der Waals surface area contributed by atoms with Gasteiger partial charge in [0.2, 0.25) is 0 Å². The van der Waals surface area contributed by atoms with Gasteiger partial charge in [0.25, 0.3) is 5.91 Å². The third-order valence-corrected chi connectivity index (χ3v) is 7.72. The lowest BCUT2D eigenvalue weighted by Gasteiger charge is -2.36. The number of amides is 1. The minimum Gasteiger partial charge on any atom is -0.378 e. The van der Waals surface area contributed by atoms with Crippen molar-refractivity contribution in [3.63, 3.8) is 0 Å². The number of hydrogen-bond donors (Lipinski definition) is 0. The van der Waals surface area contributed by atoms with E-state index in [0.717, 1.165) is 24.4 Å². The van der Waals surface area contributed by atoms with E-state index >= 15 is 0 Å². The van der Waals surface area contributed by atoms with E-state index in [1.54, 1.807) is 11.3 Å². The van der Waals surface area contributed by atoms with Gasteiger partial charge in [0.15, 0.2) is 0 Å². The molecule has 6 heteroatoms. The quantitative estimate of drug-likeness (QED) is 0.597. The zero-order valence-electron chi connectivity index (χ0n) is 17.8. The van der Waals surface area contributed by atoms with Crippen molar-refractivity contribution >= 4 is 27.3 Å². The summed E-state index contributed by atoms with van der Waals surface area (Å²) in [7, 11) is 0. The predicted molar refractivity (Wildman–Crippen MR) is 125 cm³/mol. The number of likely N-dealkylation sites (tertiary alicyclic amines) is 1. The number of thiophene rings is 1. The molecule has 162 valence electrons. The monoisotopic (exact) mass is 435 g/mol. The second-order valence-corrected chi connectivity index (χ2v) is 9.54. The van der Waals surface area contributed by atoms with E-state index in [9.17, 15) is 4.79 Å². The Balaban J connectivity index is 1.44. The number of carbonyl (C=O) groups excluding carboxylic acids is 1. The van der Waals surface area contributed by atoms with Gasteiger partial charge in [-0.15, -0.1) is 11.3 Å². The number of benzene rings is 1. The highest BCUT2D eigenvalue weighted by atomic mass is 32.1. The molecule has 1 atom stereocenters. The molecule has 0 unspecified atom stereocenters. The molecule has 2 saturated heterocycles. The highest BCUT2D eigenvalue weighted by Gasteiger charge is 2.29. The number of rotatable bonds is 5. The molecule has 0 saturated carbocycles. The molecule has 0 radical (unpaired) electrons. The SMILES string of the molecule is O=C(c1sc2ccccc2c1C[C@@H]1CCCCN1Cc1ccncc1)N1CCOCC1. The zero-order valence-corrected chi connectivity index (χ0v) is 18.7. The fraction of sp³-hybridized carbons (Fsp3) is 0.440. The van der Waals surface area contributed by atoms with Crippen molar-refractivity contribution < 1.29 is 9.53 Å². The molecule has 1 amide bonds. The number of ether oxygens (including phenoxy) is 1. The number of carbonyl (C=O) groups is 1. The lowest BCUT2D eigenvalue weighted by molar-refractivity contribution is 0.0305. The van der Waals surface area contributed by atoms with Gasteiger partial charge >= 0.3 is 0 Å². The van der Waals surface area contributed by atoms with Crippen LogP contribution in [0.3, 0.4) is 0 Å². The van der Waals surface area contributed by atoms with E-state index in [1.807, 2.05) is 17.3 Å². The Morgan fingerprint density at radius 3 is 2.71 bits per heavy atom. The first-order chi connectivity index (χ1) is 15.3. The van der Waals surface area contributed by atoms with Crippen molar-refractivity contribution in [1.82, 2.24) is 14.8 Å². The number of fused-ring (bicyclic) bond motifs is 1. The number of hydrogen-bond acceptors (Lipinski definition) is 5. The molecule has 2 fully saturated rings. The van der Waals surface area contributed by atoms with Gasteiger partial charge < -0.3 is 9.64 Å². The summed E-state index contributed by atoms with van der Waals surface area (Å²) in [5.41, 5.74) is 2.55. The van der Waals surface area contributed by atoms with Crippen LogP contribution in [0.15, 0.2) is 48.8 Å². The molecule has 5 nitrogen and oxygen atoms in total. The van der Waals surface area contributed by atoms with E-state index in [-0.39, 0.29) is 5.91 Å². The topological polar surface area (TPSA) is 45.7 Å². The summed E-state index contributed by atoms with van der Waals surface area (Å²) in [4.78, 5) is 23.1.